The number of rotatable bonds is 8. The number of benzene rings is 2. The average Bonchev–Trinajstić information content (AvgIpc) is 3.26. The summed E-state index contributed by atoms with van der Waals surface area (Å²) in [7, 11) is 0. The van der Waals surface area contributed by atoms with Gasteiger partial charge in [0.05, 0.1) is 0 Å². The van der Waals surface area contributed by atoms with Gasteiger partial charge in [-0.1, -0.05) is 36.4 Å². The lowest BCUT2D eigenvalue weighted by Gasteiger charge is -2.37. The number of hydrogen-bond donors (Lipinski definition) is 1. The van der Waals surface area contributed by atoms with E-state index in [2.05, 4.69) is 10.2 Å². The molecule has 1 saturated heterocycles. The Hall–Kier alpha value is -2.57. The molecule has 30 heavy (non-hydrogen) atoms. The smallest absolute Gasteiger partial charge is 0.242 e. The zero-order valence-electron chi connectivity index (χ0n) is 17.5. The van der Waals surface area contributed by atoms with Crippen LogP contribution >= 0.6 is 0 Å². The van der Waals surface area contributed by atoms with Crippen LogP contribution in [-0.4, -0.2) is 43.9 Å². The molecule has 0 radical (unpaired) electrons. The molecule has 0 saturated carbocycles. The molecule has 6 heteroatoms. The Bertz CT molecular complexity index is 834. The summed E-state index contributed by atoms with van der Waals surface area (Å²) in [6, 6.07) is 15.6. The number of piperidine rings is 1. The molecule has 160 valence electrons. The van der Waals surface area contributed by atoms with Crippen LogP contribution in [0.3, 0.4) is 0 Å². The van der Waals surface area contributed by atoms with Gasteiger partial charge >= 0.3 is 0 Å². The van der Waals surface area contributed by atoms with Gasteiger partial charge in [0, 0.05) is 19.8 Å². The topological polar surface area (TPSA) is 60.0 Å². The van der Waals surface area contributed by atoms with E-state index in [9.17, 15) is 4.79 Å². The van der Waals surface area contributed by atoms with E-state index >= 15 is 0 Å². The molecule has 0 bridgehead atoms. The van der Waals surface area contributed by atoms with Crippen molar-refractivity contribution in [1.82, 2.24) is 10.2 Å². The van der Waals surface area contributed by atoms with Crippen LogP contribution in [0.5, 0.6) is 11.5 Å². The predicted molar refractivity (Wildman–Crippen MR) is 114 cm³/mol. The highest BCUT2D eigenvalue weighted by Gasteiger charge is 2.31. The number of ether oxygens (including phenoxy) is 3. The first-order valence-electron chi connectivity index (χ1n) is 10.8. The normalized spacial score (nSPS) is 17.6. The van der Waals surface area contributed by atoms with Crippen LogP contribution in [-0.2, 0) is 16.1 Å². The number of amides is 1. The van der Waals surface area contributed by atoms with Crippen molar-refractivity contribution < 1.29 is 19.0 Å². The molecule has 0 aliphatic carbocycles. The van der Waals surface area contributed by atoms with Gasteiger partial charge in [0.15, 0.2) is 11.5 Å². The van der Waals surface area contributed by atoms with Gasteiger partial charge in [-0.25, -0.2) is 0 Å². The van der Waals surface area contributed by atoms with Gasteiger partial charge in [0.1, 0.15) is 6.04 Å². The molecule has 6 nitrogen and oxygen atoms in total. The summed E-state index contributed by atoms with van der Waals surface area (Å²) in [6.07, 6.45) is 2.11. The minimum atomic E-state index is -0.284. The lowest BCUT2D eigenvalue weighted by atomic mass is 9.94. The van der Waals surface area contributed by atoms with E-state index in [0.717, 1.165) is 61.8 Å². The Labute approximate surface area is 178 Å². The van der Waals surface area contributed by atoms with Gasteiger partial charge in [0.2, 0.25) is 12.7 Å². The maximum Gasteiger partial charge on any atom is 0.242 e. The minimum Gasteiger partial charge on any atom is -0.454 e. The van der Waals surface area contributed by atoms with Crippen LogP contribution in [0.25, 0.3) is 0 Å². The van der Waals surface area contributed by atoms with Crippen molar-refractivity contribution in [3.8, 4) is 11.5 Å². The van der Waals surface area contributed by atoms with Gasteiger partial charge in [0.25, 0.3) is 0 Å². The number of nitrogens with one attached hydrogen (secondary N) is 1. The molecule has 2 heterocycles. The van der Waals surface area contributed by atoms with Crippen LogP contribution in [0.4, 0.5) is 0 Å². The lowest BCUT2D eigenvalue weighted by Crippen LogP contribution is -2.44. The number of likely N-dealkylation sites (tertiary alicyclic amines) is 1. The van der Waals surface area contributed by atoms with Gasteiger partial charge in [-0.05, 0) is 62.0 Å². The van der Waals surface area contributed by atoms with Crippen LogP contribution < -0.4 is 14.8 Å². The number of carbonyl (C=O) groups excluding carboxylic acids is 1. The number of nitrogens with zero attached hydrogens (tertiary/aromatic N) is 1. The van der Waals surface area contributed by atoms with E-state index in [0.29, 0.717) is 12.5 Å². The Kier molecular flexibility index (Phi) is 6.87. The third-order valence-corrected chi connectivity index (χ3v) is 5.84. The monoisotopic (exact) mass is 410 g/mol. The largest absolute Gasteiger partial charge is 0.454 e. The van der Waals surface area contributed by atoms with Crippen molar-refractivity contribution in [3.05, 3.63) is 59.7 Å². The summed E-state index contributed by atoms with van der Waals surface area (Å²) in [5, 5.41) is 3.13. The Morgan fingerprint density at radius 1 is 1.13 bits per heavy atom. The highest BCUT2D eigenvalue weighted by atomic mass is 16.7. The maximum absolute atomic E-state index is 13.3. The van der Waals surface area contributed by atoms with Crippen molar-refractivity contribution in [2.45, 2.75) is 32.4 Å². The van der Waals surface area contributed by atoms with E-state index in [1.807, 2.05) is 55.5 Å². The third-order valence-electron chi connectivity index (χ3n) is 5.84. The molecule has 1 unspecified atom stereocenters. The summed E-state index contributed by atoms with van der Waals surface area (Å²) >= 11 is 0. The van der Waals surface area contributed by atoms with Gasteiger partial charge < -0.3 is 19.5 Å². The van der Waals surface area contributed by atoms with E-state index in [1.165, 1.54) is 0 Å². The minimum absolute atomic E-state index is 0.0297. The summed E-state index contributed by atoms with van der Waals surface area (Å²) in [6.45, 7) is 6.11. The number of carbonyl (C=O) groups is 1. The van der Waals surface area contributed by atoms with E-state index in [-0.39, 0.29) is 18.7 Å². The molecule has 1 atom stereocenters. The highest BCUT2D eigenvalue weighted by molar-refractivity contribution is 5.83. The first-order chi connectivity index (χ1) is 14.7. The zero-order valence-corrected chi connectivity index (χ0v) is 17.5. The Balaban J connectivity index is 1.41. The standard InChI is InChI=1S/C24H30N2O4/c1-2-28-16-18-10-12-26(13-11-18)23(20-6-4-3-5-7-20)24(27)25-15-19-8-9-21-22(14-19)30-17-29-21/h3-9,14,18,23H,2,10-13,15-17H2,1H3,(H,25,27). The van der Waals surface area contributed by atoms with E-state index < -0.39 is 0 Å². The van der Waals surface area contributed by atoms with Crippen molar-refractivity contribution >= 4 is 5.91 Å². The van der Waals surface area contributed by atoms with Crippen molar-refractivity contribution in [1.29, 1.82) is 0 Å². The van der Waals surface area contributed by atoms with Gasteiger partial charge in [-0.15, -0.1) is 0 Å². The van der Waals surface area contributed by atoms with Crippen molar-refractivity contribution in [2.24, 2.45) is 5.92 Å². The summed E-state index contributed by atoms with van der Waals surface area (Å²) in [4.78, 5) is 15.6. The van der Waals surface area contributed by atoms with Crippen molar-refractivity contribution in [2.75, 3.05) is 33.1 Å². The quantitative estimate of drug-likeness (QED) is 0.722. The molecule has 2 aromatic rings. The fraction of sp³-hybridized carbons (Fsp3) is 0.458. The van der Waals surface area contributed by atoms with Crippen LogP contribution in [0.15, 0.2) is 48.5 Å². The lowest BCUT2D eigenvalue weighted by molar-refractivity contribution is -0.127. The van der Waals surface area contributed by atoms with Crippen LogP contribution in [0, 0.1) is 5.92 Å². The maximum atomic E-state index is 13.3. The number of hydrogen-bond acceptors (Lipinski definition) is 5. The molecule has 1 N–H and O–H groups in total. The third kappa shape index (κ3) is 4.94. The fourth-order valence-electron chi connectivity index (χ4n) is 4.16. The Morgan fingerprint density at radius 2 is 1.90 bits per heavy atom. The summed E-state index contributed by atoms with van der Waals surface area (Å²) in [5.41, 5.74) is 2.03. The molecule has 1 fully saturated rings. The molecule has 2 aliphatic heterocycles. The van der Waals surface area contributed by atoms with E-state index in [1.54, 1.807) is 0 Å². The highest BCUT2D eigenvalue weighted by Crippen LogP contribution is 2.32. The second kappa shape index (κ2) is 9.96. The number of fused-ring (bicyclic) bond motifs is 1. The SMILES string of the molecule is CCOCC1CCN(C(C(=O)NCc2ccc3c(c2)OCO3)c2ccccc2)CC1. The predicted octanol–water partition coefficient (Wildman–Crippen LogP) is 3.52. The van der Waals surface area contributed by atoms with Gasteiger partial charge in [-0.3, -0.25) is 9.69 Å². The van der Waals surface area contributed by atoms with Crippen LogP contribution in [0.2, 0.25) is 0 Å². The first kappa shape index (κ1) is 20.7. The molecule has 0 aromatic heterocycles. The first-order valence-corrected chi connectivity index (χ1v) is 10.8. The summed E-state index contributed by atoms with van der Waals surface area (Å²) in [5.74, 6) is 2.09. The molecular formula is C24H30N2O4. The zero-order chi connectivity index (χ0) is 20.8. The van der Waals surface area contributed by atoms with Crippen molar-refractivity contribution in [3.63, 3.8) is 0 Å². The fourth-order valence-corrected chi connectivity index (χ4v) is 4.16. The van der Waals surface area contributed by atoms with E-state index in [4.69, 9.17) is 14.2 Å². The molecule has 1 amide bonds. The van der Waals surface area contributed by atoms with Gasteiger partial charge in [-0.2, -0.15) is 0 Å². The average molecular weight is 411 g/mol. The summed E-state index contributed by atoms with van der Waals surface area (Å²) < 4.78 is 16.4. The molecule has 0 spiro atoms. The van der Waals surface area contributed by atoms with Crippen LogP contribution in [0.1, 0.15) is 36.9 Å². The second-order valence-corrected chi connectivity index (χ2v) is 7.86. The molecule has 2 aliphatic rings. The molecule has 2 aromatic carbocycles. The Morgan fingerprint density at radius 3 is 2.67 bits per heavy atom. The second-order valence-electron chi connectivity index (χ2n) is 7.86. The molecule has 4 rings (SSSR count). The molecular weight excluding hydrogens is 380 g/mol.